The summed E-state index contributed by atoms with van der Waals surface area (Å²) in [5, 5.41) is 2.72. The standard InChI is InChI=1S/C16H13BrFNO/c1-11-10-13(18)7-8-15(11)19-16(20)9-6-12-4-2-3-5-14(12)17/h2-10H,1H3,(H,19,20)/b9-6+. The average Bonchev–Trinajstić information content (AvgIpc) is 2.41. The molecule has 0 aliphatic carbocycles. The topological polar surface area (TPSA) is 29.1 Å². The zero-order valence-corrected chi connectivity index (χ0v) is 12.4. The van der Waals surface area contributed by atoms with E-state index in [0.717, 1.165) is 10.0 Å². The summed E-state index contributed by atoms with van der Waals surface area (Å²) in [5.74, 6) is -0.570. The summed E-state index contributed by atoms with van der Waals surface area (Å²) in [4.78, 5) is 11.8. The number of carbonyl (C=O) groups excluding carboxylic acids is 1. The van der Waals surface area contributed by atoms with Crippen molar-refractivity contribution in [2.75, 3.05) is 5.32 Å². The van der Waals surface area contributed by atoms with Crippen LogP contribution in [0.2, 0.25) is 0 Å². The Kier molecular flexibility index (Phi) is 4.69. The van der Waals surface area contributed by atoms with E-state index in [4.69, 9.17) is 0 Å². The monoisotopic (exact) mass is 333 g/mol. The maximum absolute atomic E-state index is 13.0. The molecule has 0 unspecified atom stereocenters. The van der Waals surface area contributed by atoms with Gasteiger partial charge >= 0.3 is 0 Å². The van der Waals surface area contributed by atoms with Gasteiger partial charge in [0.15, 0.2) is 0 Å². The van der Waals surface area contributed by atoms with Crippen molar-refractivity contribution < 1.29 is 9.18 Å². The van der Waals surface area contributed by atoms with E-state index < -0.39 is 0 Å². The molecule has 2 aromatic carbocycles. The first-order chi connectivity index (χ1) is 9.56. The molecule has 0 aromatic heterocycles. The summed E-state index contributed by atoms with van der Waals surface area (Å²) >= 11 is 3.41. The summed E-state index contributed by atoms with van der Waals surface area (Å²) < 4.78 is 13.9. The molecule has 2 nitrogen and oxygen atoms in total. The molecular formula is C16H13BrFNO. The van der Waals surface area contributed by atoms with E-state index in [2.05, 4.69) is 21.2 Å². The SMILES string of the molecule is Cc1cc(F)ccc1NC(=O)/C=C/c1ccccc1Br. The molecular weight excluding hydrogens is 321 g/mol. The highest BCUT2D eigenvalue weighted by Gasteiger charge is 2.03. The molecule has 4 heteroatoms. The van der Waals surface area contributed by atoms with E-state index in [1.165, 1.54) is 18.2 Å². The maximum Gasteiger partial charge on any atom is 0.248 e. The quantitative estimate of drug-likeness (QED) is 0.820. The second kappa shape index (κ2) is 6.48. The summed E-state index contributed by atoms with van der Waals surface area (Å²) in [7, 11) is 0. The number of amides is 1. The molecule has 0 atom stereocenters. The smallest absolute Gasteiger partial charge is 0.248 e. The molecule has 0 bridgehead atoms. The van der Waals surface area contributed by atoms with Crippen molar-refractivity contribution in [3.63, 3.8) is 0 Å². The van der Waals surface area contributed by atoms with Crippen LogP contribution in [0.25, 0.3) is 6.08 Å². The molecule has 0 spiro atoms. The Hall–Kier alpha value is -1.94. The molecule has 0 aliphatic rings. The fourth-order valence-corrected chi connectivity index (χ4v) is 2.13. The van der Waals surface area contributed by atoms with Gasteiger partial charge < -0.3 is 5.32 Å². The lowest BCUT2D eigenvalue weighted by molar-refractivity contribution is -0.111. The van der Waals surface area contributed by atoms with Crippen molar-refractivity contribution in [3.05, 3.63) is 70.0 Å². The third-order valence-corrected chi connectivity index (χ3v) is 3.49. The molecule has 1 N–H and O–H groups in total. The van der Waals surface area contributed by atoms with Crippen molar-refractivity contribution in [1.29, 1.82) is 0 Å². The van der Waals surface area contributed by atoms with Gasteiger partial charge in [-0.15, -0.1) is 0 Å². The Morgan fingerprint density at radius 2 is 2.00 bits per heavy atom. The molecule has 102 valence electrons. The van der Waals surface area contributed by atoms with Crippen LogP contribution in [-0.2, 0) is 4.79 Å². The predicted molar refractivity (Wildman–Crippen MR) is 82.9 cm³/mol. The van der Waals surface area contributed by atoms with Crippen LogP contribution in [-0.4, -0.2) is 5.91 Å². The number of halogens is 2. The molecule has 0 saturated carbocycles. The fourth-order valence-electron chi connectivity index (χ4n) is 1.72. The molecule has 0 fully saturated rings. The highest BCUT2D eigenvalue weighted by molar-refractivity contribution is 9.10. The van der Waals surface area contributed by atoms with Crippen LogP contribution in [0, 0.1) is 12.7 Å². The number of hydrogen-bond donors (Lipinski definition) is 1. The lowest BCUT2D eigenvalue weighted by Crippen LogP contribution is -2.09. The van der Waals surface area contributed by atoms with Crippen LogP contribution < -0.4 is 5.32 Å². The number of hydrogen-bond acceptors (Lipinski definition) is 1. The summed E-state index contributed by atoms with van der Waals surface area (Å²) in [6.07, 6.45) is 3.17. The van der Waals surface area contributed by atoms with E-state index in [9.17, 15) is 9.18 Å². The van der Waals surface area contributed by atoms with Gasteiger partial charge in [-0.2, -0.15) is 0 Å². The molecule has 1 amide bonds. The molecule has 0 aliphatic heterocycles. The Labute approximate surface area is 125 Å². The molecule has 0 radical (unpaired) electrons. The van der Waals surface area contributed by atoms with Crippen LogP contribution in [0.3, 0.4) is 0 Å². The van der Waals surface area contributed by atoms with Gasteiger partial charge in [-0.1, -0.05) is 34.1 Å². The second-order valence-corrected chi connectivity index (χ2v) is 5.16. The zero-order chi connectivity index (χ0) is 14.5. The minimum absolute atomic E-state index is 0.254. The van der Waals surface area contributed by atoms with E-state index in [1.807, 2.05) is 24.3 Å². The number of aryl methyl sites for hydroxylation is 1. The number of benzene rings is 2. The second-order valence-electron chi connectivity index (χ2n) is 4.30. The van der Waals surface area contributed by atoms with Gasteiger partial charge in [0.1, 0.15) is 5.82 Å². The minimum atomic E-state index is -0.316. The van der Waals surface area contributed by atoms with E-state index in [1.54, 1.807) is 19.1 Å². The fraction of sp³-hybridized carbons (Fsp3) is 0.0625. The highest BCUT2D eigenvalue weighted by Crippen LogP contribution is 2.18. The van der Waals surface area contributed by atoms with Crippen LogP contribution in [0.15, 0.2) is 53.0 Å². The Morgan fingerprint density at radius 3 is 2.70 bits per heavy atom. The van der Waals surface area contributed by atoms with Gasteiger partial charge in [0, 0.05) is 16.2 Å². The van der Waals surface area contributed by atoms with Gasteiger partial charge in [-0.3, -0.25) is 4.79 Å². The first-order valence-corrected chi connectivity index (χ1v) is 6.85. The summed E-state index contributed by atoms with van der Waals surface area (Å²) in [5.41, 5.74) is 2.21. The van der Waals surface area contributed by atoms with Crippen LogP contribution in [0.5, 0.6) is 0 Å². The van der Waals surface area contributed by atoms with Crippen molar-refractivity contribution in [2.24, 2.45) is 0 Å². The Morgan fingerprint density at radius 1 is 1.25 bits per heavy atom. The number of rotatable bonds is 3. The van der Waals surface area contributed by atoms with Crippen molar-refractivity contribution in [3.8, 4) is 0 Å². The summed E-state index contributed by atoms with van der Waals surface area (Å²) in [6, 6.07) is 11.9. The van der Waals surface area contributed by atoms with Crippen molar-refractivity contribution in [2.45, 2.75) is 6.92 Å². The number of carbonyl (C=O) groups is 1. The van der Waals surface area contributed by atoms with Gasteiger partial charge in [0.2, 0.25) is 5.91 Å². The maximum atomic E-state index is 13.0. The number of anilines is 1. The largest absolute Gasteiger partial charge is 0.322 e. The van der Waals surface area contributed by atoms with Gasteiger partial charge in [0.05, 0.1) is 0 Å². The molecule has 0 saturated heterocycles. The Bertz CT molecular complexity index is 667. The third kappa shape index (κ3) is 3.78. The molecule has 2 rings (SSSR count). The summed E-state index contributed by atoms with van der Waals surface area (Å²) in [6.45, 7) is 1.75. The van der Waals surface area contributed by atoms with Crippen LogP contribution >= 0.6 is 15.9 Å². The first-order valence-electron chi connectivity index (χ1n) is 6.06. The van der Waals surface area contributed by atoms with Crippen LogP contribution in [0.4, 0.5) is 10.1 Å². The van der Waals surface area contributed by atoms with Crippen LogP contribution in [0.1, 0.15) is 11.1 Å². The lowest BCUT2D eigenvalue weighted by atomic mass is 10.2. The normalized spacial score (nSPS) is 10.8. The third-order valence-electron chi connectivity index (χ3n) is 2.77. The molecule has 2 aromatic rings. The first kappa shape index (κ1) is 14.5. The number of nitrogens with one attached hydrogen (secondary N) is 1. The molecule has 0 heterocycles. The van der Waals surface area contributed by atoms with E-state index in [-0.39, 0.29) is 11.7 Å². The lowest BCUT2D eigenvalue weighted by Gasteiger charge is -2.06. The Balaban J connectivity index is 2.08. The zero-order valence-electron chi connectivity index (χ0n) is 10.9. The highest BCUT2D eigenvalue weighted by atomic mass is 79.9. The van der Waals surface area contributed by atoms with E-state index >= 15 is 0 Å². The molecule has 20 heavy (non-hydrogen) atoms. The van der Waals surface area contributed by atoms with E-state index in [0.29, 0.717) is 11.3 Å². The predicted octanol–water partition coefficient (Wildman–Crippen LogP) is 4.55. The van der Waals surface area contributed by atoms with Gasteiger partial charge in [-0.05, 0) is 48.4 Å². The average molecular weight is 334 g/mol. The van der Waals surface area contributed by atoms with Crippen molar-refractivity contribution >= 4 is 33.6 Å². The van der Waals surface area contributed by atoms with Crippen molar-refractivity contribution in [1.82, 2.24) is 0 Å². The van der Waals surface area contributed by atoms with Gasteiger partial charge in [-0.25, -0.2) is 4.39 Å². The minimum Gasteiger partial charge on any atom is -0.322 e. The van der Waals surface area contributed by atoms with Gasteiger partial charge in [0.25, 0.3) is 0 Å².